The van der Waals surface area contributed by atoms with Crippen molar-refractivity contribution in [2.75, 3.05) is 22.7 Å². The van der Waals surface area contributed by atoms with E-state index in [-0.39, 0.29) is 93.0 Å². The van der Waals surface area contributed by atoms with Gasteiger partial charge in [-0.3, -0.25) is 37.2 Å². The van der Waals surface area contributed by atoms with Crippen LogP contribution >= 0.6 is 0 Å². The van der Waals surface area contributed by atoms with Gasteiger partial charge in [0.1, 0.15) is 16.9 Å². The molecule has 2 heterocycles. The van der Waals surface area contributed by atoms with Crippen LogP contribution in [0.5, 0.6) is 11.8 Å². The number of aromatic hydroxyl groups is 2. The lowest BCUT2D eigenvalue weighted by molar-refractivity contribution is -0.105. The fourth-order valence-electron chi connectivity index (χ4n) is 6.01. The van der Waals surface area contributed by atoms with Gasteiger partial charge in [0.25, 0.3) is 28.3 Å². The Labute approximate surface area is 335 Å². The van der Waals surface area contributed by atoms with Gasteiger partial charge in [-0.15, -0.1) is 10.2 Å². The first-order valence-corrected chi connectivity index (χ1v) is 20.5. The zero-order valence-electron chi connectivity index (χ0n) is 32.5. The van der Waals surface area contributed by atoms with E-state index in [9.17, 15) is 46.6 Å². The SMILES string of the molecule is CCCNS(=O)(=O)c1cc(N=Nc2c(C)c(NC=O)c(=O)n(CC)c2O)ccc1-c1ccc(N=Nc2c(C)c(C(N)=O)c(=O)n(CC)c2O)cc1N(CCC)S(=O)O. The Hall–Kier alpha value is -6.10. The minimum atomic E-state index is -4.30. The Kier molecular flexibility index (Phi) is 14.5. The summed E-state index contributed by atoms with van der Waals surface area (Å²) in [5, 5.41) is 40.7. The van der Waals surface area contributed by atoms with Crippen molar-refractivity contribution in [2.45, 2.75) is 72.4 Å². The predicted octanol–water partition coefficient (Wildman–Crippen LogP) is 5.28. The first kappa shape index (κ1) is 44.6. The van der Waals surface area contributed by atoms with E-state index in [1.807, 2.05) is 0 Å². The van der Waals surface area contributed by atoms with Gasteiger partial charge < -0.3 is 21.3 Å². The van der Waals surface area contributed by atoms with Gasteiger partial charge >= 0.3 is 0 Å². The largest absolute Gasteiger partial charge is 0.493 e. The molecule has 58 heavy (non-hydrogen) atoms. The molecule has 0 fully saturated rings. The molecule has 4 aromatic rings. The van der Waals surface area contributed by atoms with Crippen molar-refractivity contribution >= 4 is 67.7 Å². The van der Waals surface area contributed by atoms with Crippen LogP contribution in [-0.4, -0.2) is 61.9 Å². The minimum Gasteiger partial charge on any atom is -0.493 e. The summed E-state index contributed by atoms with van der Waals surface area (Å²) in [5.74, 6) is -2.13. The van der Waals surface area contributed by atoms with Gasteiger partial charge in [0.2, 0.25) is 28.2 Å². The van der Waals surface area contributed by atoms with Crippen molar-refractivity contribution in [3.8, 4) is 22.9 Å². The lowest BCUT2D eigenvalue weighted by atomic mass is 10.0. The number of benzene rings is 2. The Morgan fingerprint density at radius 3 is 1.93 bits per heavy atom. The third-order valence-electron chi connectivity index (χ3n) is 8.88. The average Bonchev–Trinajstić information content (AvgIpc) is 3.17. The van der Waals surface area contributed by atoms with Crippen molar-refractivity contribution in [1.82, 2.24) is 13.9 Å². The van der Waals surface area contributed by atoms with Crippen LogP contribution < -0.4 is 31.2 Å². The van der Waals surface area contributed by atoms with Gasteiger partial charge in [0.15, 0.2) is 5.69 Å². The van der Waals surface area contributed by atoms with Gasteiger partial charge in [-0.05, 0) is 64.8 Å². The third-order valence-corrected chi connectivity index (χ3v) is 11.1. The maximum atomic E-state index is 13.9. The number of carbonyl (C=O) groups excluding carboxylic acids is 2. The molecule has 0 saturated carbocycles. The van der Waals surface area contributed by atoms with Gasteiger partial charge in [-0.2, -0.15) is 10.2 Å². The van der Waals surface area contributed by atoms with Crippen LogP contribution in [0, 0.1) is 13.8 Å². The molecule has 0 bridgehead atoms. The van der Waals surface area contributed by atoms with Crippen molar-refractivity contribution in [2.24, 2.45) is 26.2 Å². The fraction of sp³-hybridized carbons (Fsp3) is 0.333. The number of carbonyl (C=O) groups is 2. The molecule has 2 aromatic carbocycles. The molecule has 7 N–H and O–H groups in total. The smallest absolute Gasteiger partial charge is 0.277 e. The molecule has 0 aliphatic rings. The second-order valence-corrected chi connectivity index (χ2v) is 15.2. The van der Waals surface area contributed by atoms with Crippen LogP contribution in [0.4, 0.5) is 34.1 Å². The molecular weight excluding hydrogens is 797 g/mol. The van der Waals surface area contributed by atoms with Crippen molar-refractivity contribution in [1.29, 1.82) is 0 Å². The molecular formula is C36H44N10O10S2. The van der Waals surface area contributed by atoms with Crippen LogP contribution in [0.3, 0.4) is 0 Å². The zero-order valence-corrected chi connectivity index (χ0v) is 34.1. The summed E-state index contributed by atoms with van der Waals surface area (Å²) in [6, 6.07) is 8.33. The highest BCUT2D eigenvalue weighted by atomic mass is 32.2. The number of anilines is 2. The first-order chi connectivity index (χ1) is 27.5. The van der Waals surface area contributed by atoms with E-state index in [1.165, 1.54) is 50.2 Å². The van der Waals surface area contributed by atoms with Crippen LogP contribution in [0.25, 0.3) is 11.1 Å². The number of primary amides is 1. The van der Waals surface area contributed by atoms with Crippen molar-refractivity contribution < 1.29 is 37.0 Å². The van der Waals surface area contributed by atoms with Crippen LogP contribution in [0.15, 0.2) is 71.3 Å². The van der Waals surface area contributed by atoms with Crippen LogP contribution in [0.1, 0.15) is 62.0 Å². The number of amides is 2. The molecule has 2 aromatic heterocycles. The molecule has 0 radical (unpaired) electrons. The molecule has 0 aliphatic carbocycles. The van der Waals surface area contributed by atoms with E-state index in [1.54, 1.807) is 27.7 Å². The highest BCUT2D eigenvalue weighted by Gasteiger charge is 2.26. The van der Waals surface area contributed by atoms with E-state index >= 15 is 0 Å². The van der Waals surface area contributed by atoms with E-state index in [4.69, 9.17) is 5.73 Å². The molecule has 20 nitrogen and oxygen atoms in total. The van der Waals surface area contributed by atoms with Crippen LogP contribution in [-0.2, 0) is 39.2 Å². The Bertz CT molecular complexity index is 2570. The molecule has 0 spiro atoms. The summed E-state index contributed by atoms with van der Waals surface area (Å²) in [6.45, 7) is 9.62. The maximum absolute atomic E-state index is 13.9. The summed E-state index contributed by atoms with van der Waals surface area (Å²) in [6.07, 6.45) is 1.14. The Morgan fingerprint density at radius 1 is 0.862 bits per heavy atom. The van der Waals surface area contributed by atoms with E-state index in [0.717, 1.165) is 13.4 Å². The normalized spacial score (nSPS) is 12.3. The molecule has 310 valence electrons. The zero-order chi connectivity index (χ0) is 43.1. The Morgan fingerprint density at radius 2 is 1.41 bits per heavy atom. The number of nitrogens with two attached hydrogens (primary N) is 1. The van der Waals surface area contributed by atoms with E-state index in [0.29, 0.717) is 19.3 Å². The summed E-state index contributed by atoms with van der Waals surface area (Å²) in [7, 11) is -4.30. The minimum absolute atomic E-state index is 0.000566. The summed E-state index contributed by atoms with van der Waals surface area (Å²) >= 11 is -2.63. The second-order valence-electron chi connectivity index (χ2n) is 12.6. The van der Waals surface area contributed by atoms with E-state index in [2.05, 4.69) is 30.5 Å². The van der Waals surface area contributed by atoms with Crippen LogP contribution in [0.2, 0.25) is 0 Å². The van der Waals surface area contributed by atoms with Crippen molar-refractivity contribution in [3.63, 3.8) is 0 Å². The average molecular weight is 841 g/mol. The fourth-order valence-corrected chi connectivity index (χ4v) is 8.04. The number of sulfonamides is 1. The number of rotatable bonds is 18. The van der Waals surface area contributed by atoms with Gasteiger partial charge in [-0.25, -0.2) is 17.3 Å². The summed E-state index contributed by atoms with van der Waals surface area (Å²) in [5.41, 5.74) is 3.58. The number of nitrogens with one attached hydrogen (secondary N) is 2. The predicted molar refractivity (Wildman–Crippen MR) is 218 cm³/mol. The monoisotopic (exact) mass is 840 g/mol. The number of hydrogen-bond acceptors (Lipinski definition) is 13. The maximum Gasteiger partial charge on any atom is 0.277 e. The Balaban J connectivity index is 1.98. The van der Waals surface area contributed by atoms with Gasteiger partial charge in [0.05, 0.1) is 22.0 Å². The van der Waals surface area contributed by atoms with Gasteiger partial charge in [0, 0.05) is 48.4 Å². The molecule has 22 heteroatoms. The lowest BCUT2D eigenvalue weighted by Gasteiger charge is -2.24. The standard InChI is InChI=1S/C36H44N10O10S2/c1-7-15-39-58(55,56)27-18-23(41-43-31-21(6)29(38-19-47)34(50)45(10-4)36(31)52)12-14-25(27)24-13-11-22(17-26(24)46(16-8-2)57(53)54)40-42-30-20(5)28(32(37)48)33(49)44(9-3)35(30)51/h11-14,17-19,39,51-52H,7-10,15-16H2,1-6H3,(H2,37,48)(H,38,47)(H,53,54). The molecule has 2 amide bonds. The highest BCUT2D eigenvalue weighted by Crippen LogP contribution is 2.41. The molecule has 1 unspecified atom stereocenters. The lowest BCUT2D eigenvalue weighted by Crippen LogP contribution is -2.30. The number of nitrogens with zero attached hydrogens (tertiary/aromatic N) is 7. The molecule has 0 aliphatic heterocycles. The third kappa shape index (κ3) is 9.04. The quantitative estimate of drug-likeness (QED) is 0.0428. The highest BCUT2D eigenvalue weighted by molar-refractivity contribution is 7.89. The molecule has 0 saturated heterocycles. The summed E-state index contributed by atoms with van der Waals surface area (Å²) in [4.78, 5) is 48.7. The number of azo groups is 2. The summed E-state index contributed by atoms with van der Waals surface area (Å²) < 4.78 is 56.5. The number of pyridine rings is 2. The van der Waals surface area contributed by atoms with Gasteiger partial charge in [-0.1, -0.05) is 26.0 Å². The van der Waals surface area contributed by atoms with E-state index < -0.39 is 50.1 Å². The topological polar surface area (TPSA) is 293 Å². The number of hydrogen-bond donors (Lipinski definition) is 6. The number of aromatic nitrogens is 2. The van der Waals surface area contributed by atoms with Crippen molar-refractivity contribution in [3.05, 3.63) is 73.8 Å². The molecule has 4 rings (SSSR count). The first-order valence-electron chi connectivity index (χ1n) is 17.9. The second kappa shape index (κ2) is 18.9. The molecule has 1 atom stereocenters.